The van der Waals surface area contributed by atoms with E-state index in [0.717, 1.165) is 38.3 Å². The summed E-state index contributed by atoms with van der Waals surface area (Å²) in [4.78, 5) is 18.6. The van der Waals surface area contributed by atoms with Crippen molar-refractivity contribution in [3.05, 3.63) is 0 Å². The first-order valence-corrected chi connectivity index (χ1v) is 7.07. The van der Waals surface area contributed by atoms with Gasteiger partial charge in [0.2, 0.25) is 0 Å². The Kier molecular flexibility index (Phi) is 6.94. The van der Waals surface area contributed by atoms with Crippen LogP contribution in [0.5, 0.6) is 0 Å². The van der Waals surface area contributed by atoms with Crippen LogP contribution in [0.2, 0.25) is 0 Å². The molecule has 0 bridgehead atoms. The second kappa shape index (κ2) is 8.52. The van der Waals surface area contributed by atoms with E-state index in [9.17, 15) is 4.79 Å². The highest BCUT2D eigenvalue weighted by Gasteiger charge is 2.31. The van der Waals surface area contributed by atoms with Gasteiger partial charge in [0, 0.05) is 19.5 Å². The second-order valence-electron chi connectivity index (χ2n) is 4.58. The van der Waals surface area contributed by atoms with Crippen LogP contribution in [0.15, 0.2) is 4.99 Å². The fourth-order valence-electron chi connectivity index (χ4n) is 2.21. The first kappa shape index (κ1) is 15.5. The monoisotopic (exact) mass is 265 g/mol. The Morgan fingerprint density at radius 2 is 2.37 bits per heavy atom. The third-order valence-corrected chi connectivity index (χ3v) is 3.18. The van der Waals surface area contributed by atoms with Crippen molar-refractivity contribution in [1.29, 1.82) is 5.26 Å². The normalized spacial score (nSPS) is 15.8. The highest BCUT2D eigenvalue weighted by molar-refractivity contribution is 6.01. The summed E-state index contributed by atoms with van der Waals surface area (Å²) < 4.78 is 5.11. The van der Waals surface area contributed by atoms with Crippen molar-refractivity contribution in [2.75, 3.05) is 26.2 Å². The zero-order valence-corrected chi connectivity index (χ0v) is 11.9. The number of rotatable bonds is 8. The quantitative estimate of drug-likeness (QED) is 0.629. The number of carbonyl (C=O) groups excluding carboxylic acids is 1. The summed E-state index contributed by atoms with van der Waals surface area (Å²) in [6.07, 6.45) is 3.06. The predicted octanol–water partition coefficient (Wildman–Crippen LogP) is 1.98. The van der Waals surface area contributed by atoms with Crippen LogP contribution in [-0.2, 0) is 9.53 Å². The fourth-order valence-corrected chi connectivity index (χ4v) is 2.21. The molecular weight excluding hydrogens is 242 g/mol. The van der Waals surface area contributed by atoms with Crippen molar-refractivity contribution < 1.29 is 9.53 Å². The average molecular weight is 265 g/mol. The van der Waals surface area contributed by atoms with E-state index in [0.29, 0.717) is 19.4 Å². The van der Waals surface area contributed by atoms with Gasteiger partial charge in [0.05, 0.1) is 19.2 Å². The smallest absolute Gasteiger partial charge is 0.316 e. The molecule has 1 heterocycles. The lowest BCUT2D eigenvalue weighted by molar-refractivity contribution is -0.145. The summed E-state index contributed by atoms with van der Waals surface area (Å²) in [6, 6.07) is 2.10. The number of carbonyl (C=O) groups is 1. The van der Waals surface area contributed by atoms with Crippen LogP contribution in [0.25, 0.3) is 0 Å². The molecule has 0 fully saturated rings. The second-order valence-corrected chi connectivity index (χ2v) is 4.58. The number of esters is 1. The molecular formula is C14H23N3O2. The third kappa shape index (κ3) is 4.55. The van der Waals surface area contributed by atoms with Crippen molar-refractivity contribution in [3.8, 4) is 6.07 Å². The van der Waals surface area contributed by atoms with Gasteiger partial charge in [-0.15, -0.1) is 0 Å². The minimum Gasteiger partial charge on any atom is -0.465 e. The largest absolute Gasteiger partial charge is 0.465 e. The van der Waals surface area contributed by atoms with Gasteiger partial charge in [-0.25, -0.2) is 0 Å². The van der Waals surface area contributed by atoms with Crippen LogP contribution in [0.1, 0.15) is 39.5 Å². The maximum absolute atomic E-state index is 12.0. The number of hydrogen-bond donors (Lipinski definition) is 0. The van der Waals surface area contributed by atoms with Crippen molar-refractivity contribution in [2.24, 2.45) is 10.9 Å². The summed E-state index contributed by atoms with van der Waals surface area (Å²) >= 11 is 0. The molecule has 0 aromatic rings. The van der Waals surface area contributed by atoms with E-state index in [4.69, 9.17) is 10.00 Å². The molecule has 106 valence electrons. The Balaban J connectivity index is 2.72. The highest BCUT2D eigenvalue weighted by atomic mass is 16.5. The lowest BCUT2D eigenvalue weighted by Crippen LogP contribution is -2.38. The topological polar surface area (TPSA) is 65.7 Å². The van der Waals surface area contributed by atoms with Crippen LogP contribution < -0.4 is 0 Å². The van der Waals surface area contributed by atoms with Gasteiger partial charge in [-0.3, -0.25) is 9.79 Å². The van der Waals surface area contributed by atoms with E-state index in [1.54, 1.807) is 6.92 Å². The predicted molar refractivity (Wildman–Crippen MR) is 73.8 cm³/mol. The lowest BCUT2D eigenvalue weighted by Gasteiger charge is -2.25. The standard InChI is InChI=1S/C14H23N3O2/c1-3-5-10-17-11-9-16-13(17)12(7-6-8-15)14(18)19-4-2/h12H,3-7,9-11H2,1-2H3. The van der Waals surface area contributed by atoms with Gasteiger partial charge >= 0.3 is 5.97 Å². The molecule has 0 spiro atoms. The van der Waals surface area contributed by atoms with Crippen LogP contribution in [-0.4, -0.2) is 42.9 Å². The van der Waals surface area contributed by atoms with Gasteiger partial charge < -0.3 is 9.64 Å². The molecule has 0 saturated carbocycles. The maximum atomic E-state index is 12.0. The van der Waals surface area contributed by atoms with E-state index < -0.39 is 0 Å². The molecule has 0 aliphatic carbocycles. The molecule has 0 amide bonds. The average Bonchev–Trinajstić information content (AvgIpc) is 2.85. The molecule has 0 N–H and O–H groups in total. The van der Waals surface area contributed by atoms with Crippen molar-refractivity contribution in [3.63, 3.8) is 0 Å². The Morgan fingerprint density at radius 1 is 1.58 bits per heavy atom. The fraction of sp³-hybridized carbons (Fsp3) is 0.786. The molecule has 0 radical (unpaired) electrons. The number of amidine groups is 1. The number of hydrogen-bond acceptors (Lipinski definition) is 5. The molecule has 1 rings (SSSR count). The summed E-state index contributed by atoms with van der Waals surface area (Å²) in [7, 11) is 0. The molecule has 1 atom stereocenters. The minimum atomic E-state index is -0.376. The highest BCUT2D eigenvalue weighted by Crippen LogP contribution is 2.18. The molecule has 0 aromatic heterocycles. The Labute approximate surface area is 115 Å². The molecule has 0 saturated heterocycles. The van der Waals surface area contributed by atoms with Crippen molar-refractivity contribution in [1.82, 2.24) is 4.90 Å². The van der Waals surface area contributed by atoms with Crippen LogP contribution in [0.4, 0.5) is 0 Å². The molecule has 5 heteroatoms. The first-order valence-electron chi connectivity index (χ1n) is 7.07. The zero-order valence-electron chi connectivity index (χ0n) is 11.9. The summed E-state index contributed by atoms with van der Waals surface area (Å²) in [6.45, 7) is 6.84. The van der Waals surface area contributed by atoms with Gasteiger partial charge in [0.25, 0.3) is 0 Å². The molecule has 1 aliphatic heterocycles. The van der Waals surface area contributed by atoms with Crippen LogP contribution >= 0.6 is 0 Å². The number of aliphatic imine (C=N–C) groups is 1. The molecule has 1 unspecified atom stereocenters. The van der Waals surface area contributed by atoms with Crippen LogP contribution in [0.3, 0.4) is 0 Å². The Hall–Kier alpha value is -1.57. The van der Waals surface area contributed by atoms with E-state index in [2.05, 4.69) is 22.9 Å². The maximum Gasteiger partial charge on any atom is 0.316 e. The number of nitriles is 1. The van der Waals surface area contributed by atoms with E-state index >= 15 is 0 Å². The number of nitrogens with zero attached hydrogens (tertiary/aromatic N) is 3. The summed E-state index contributed by atoms with van der Waals surface area (Å²) in [5, 5.41) is 8.72. The number of unbranched alkanes of at least 4 members (excludes halogenated alkanes) is 1. The third-order valence-electron chi connectivity index (χ3n) is 3.18. The molecule has 1 aliphatic rings. The van der Waals surface area contributed by atoms with Gasteiger partial charge in [-0.05, 0) is 19.8 Å². The first-order chi connectivity index (χ1) is 9.24. The lowest BCUT2D eigenvalue weighted by atomic mass is 10.0. The van der Waals surface area contributed by atoms with Gasteiger partial charge in [0.1, 0.15) is 11.8 Å². The SMILES string of the molecule is CCCCN1CCN=C1C(CCC#N)C(=O)OCC. The van der Waals surface area contributed by atoms with Crippen molar-refractivity contribution >= 4 is 11.8 Å². The molecule has 5 nitrogen and oxygen atoms in total. The van der Waals surface area contributed by atoms with E-state index in [-0.39, 0.29) is 11.9 Å². The van der Waals surface area contributed by atoms with Gasteiger partial charge in [-0.1, -0.05) is 13.3 Å². The zero-order chi connectivity index (χ0) is 14.1. The molecule has 19 heavy (non-hydrogen) atoms. The van der Waals surface area contributed by atoms with Crippen molar-refractivity contribution in [2.45, 2.75) is 39.5 Å². The Bertz CT molecular complexity index is 360. The van der Waals surface area contributed by atoms with Gasteiger partial charge in [-0.2, -0.15) is 5.26 Å². The van der Waals surface area contributed by atoms with E-state index in [1.165, 1.54) is 0 Å². The number of ether oxygens (including phenoxy) is 1. The minimum absolute atomic E-state index is 0.250. The van der Waals surface area contributed by atoms with Crippen LogP contribution in [0, 0.1) is 17.2 Å². The van der Waals surface area contributed by atoms with Gasteiger partial charge in [0.15, 0.2) is 0 Å². The summed E-state index contributed by atoms with van der Waals surface area (Å²) in [5.74, 6) is 0.195. The van der Waals surface area contributed by atoms with E-state index in [1.807, 2.05) is 0 Å². The molecule has 0 aromatic carbocycles. The summed E-state index contributed by atoms with van der Waals surface area (Å²) in [5.41, 5.74) is 0. The Morgan fingerprint density at radius 3 is 3.00 bits per heavy atom.